The van der Waals surface area contributed by atoms with E-state index in [1.807, 2.05) is 21.1 Å². The third kappa shape index (κ3) is 36.6. The van der Waals surface area contributed by atoms with E-state index in [9.17, 15) is 19.0 Å². The number of phosphoric ester groups is 1. The predicted molar refractivity (Wildman–Crippen MR) is 201 cm³/mol. The molecule has 0 aliphatic carbocycles. The summed E-state index contributed by atoms with van der Waals surface area (Å²) in [6.45, 7) is 4.39. The smallest absolute Gasteiger partial charge is 0.462 e. The topological polar surface area (TPSA) is 108 Å². The normalized spacial score (nSPS) is 13.7. The zero-order valence-corrected chi connectivity index (χ0v) is 33.6. The molecule has 2 atom stereocenters. The molecule has 0 aromatic heterocycles. The van der Waals surface area contributed by atoms with Gasteiger partial charge < -0.3 is 18.9 Å². The lowest BCUT2D eigenvalue weighted by Gasteiger charge is -2.24. The van der Waals surface area contributed by atoms with Gasteiger partial charge in [0.1, 0.15) is 19.8 Å². The van der Waals surface area contributed by atoms with E-state index in [4.69, 9.17) is 18.5 Å². The van der Waals surface area contributed by atoms with Crippen molar-refractivity contribution in [3.8, 4) is 0 Å². The lowest BCUT2D eigenvalue weighted by atomic mass is 10.0. The van der Waals surface area contributed by atoms with Crippen LogP contribution in [-0.4, -0.2) is 74.9 Å². The zero-order valence-electron chi connectivity index (χ0n) is 32.7. The third-order valence-corrected chi connectivity index (χ3v) is 9.87. The number of likely N-dealkylation sites (N-methyl/N-ethyl adjacent to an activating group) is 1. The van der Waals surface area contributed by atoms with Gasteiger partial charge in [0.25, 0.3) is 0 Å². The van der Waals surface area contributed by atoms with Gasteiger partial charge in [-0.2, -0.15) is 0 Å². The number of quaternary nitrogens is 1. The quantitative estimate of drug-likeness (QED) is 0.0292. The minimum Gasteiger partial charge on any atom is -0.462 e. The van der Waals surface area contributed by atoms with Crippen LogP contribution in [0.2, 0.25) is 0 Å². The number of ether oxygens (including phenoxy) is 2. The van der Waals surface area contributed by atoms with Gasteiger partial charge in [-0.25, -0.2) is 4.57 Å². The van der Waals surface area contributed by atoms with Gasteiger partial charge in [-0.1, -0.05) is 162 Å². The van der Waals surface area contributed by atoms with Crippen LogP contribution in [0.5, 0.6) is 0 Å². The summed E-state index contributed by atoms with van der Waals surface area (Å²) >= 11 is 0. The molecule has 0 heterocycles. The van der Waals surface area contributed by atoms with Crippen LogP contribution in [0.15, 0.2) is 0 Å². The van der Waals surface area contributed by atoms with E-state index in [1.165, 1.54) is 116 Å². The van der Waals surface area contributed by atoms with Crippen LogP contribution in [-0.2, 0) is 32.7 Å². The van der Waals surface area contributed by atoms with Gasteiger partial charge in [0.15, 0.2) is 6.10 Å². The van der Waals surface area contributed by atoms with Crippen LogP contribution in [0.3, 0.4) is 0 Å². The standard InChI is InChI=1S/C39H78NO8P/c1-6-8-10-12-14-15-16-17-18-19-20-21-22-23-24-26-27-29-31-38(41)45-35-37(36-47-49(43,44)46-34-33-40(3,4)5)48-39(42)32-30-28-25-13-11-9-7-2/h37H,6-36H2,1-5H3/p+1. The Morgan fingerprint density at radius 2 is 0.918 bits per heavy atom. The third-order valence-electron chi connectivity index (χ3n) is 8.89. The Balaban J connectivity index is 4.20. The van der Waals surface area contributed by atoms with Crippen molar-refractivity contribution in [2.75, 3.05) is 47.5 Å². The van der Waals surface area contributed by atoms with E-state index in [0.29, 0.717) is 23.9 Å². The van der Waals surface area contributed by atoms with Gasteiger partial charge in [-0.15, -0.1) is 0 Å². The summed E-state index contributed by atoms with van der Waals surface area (Å²) in [6.07, 6.45) is 30.3. The average Bonchev–Trinajstić information content (AvgIpc) is 3.04. The Morgan fingerprint density at radius 3 is 1.31 bits per heavy atom. The molecule has 0 radical (unpaired) electrons. The molecule has 0 bridgehead atoms. The highest BCUT2D eigenvalue weighted by atomic mass is 31.2. The van der Waals surface area contributed by atoms with Gasteiger partial charge in [0, 0.05) is 12.8 Å². The molecule has 10 heteroatoms. The lowest BCUT2D eigenvalue weighted by molar-refractivity contribution is -0.870. The highest BCUT2D eigenvalue weighted by molar-refractivity contribution is 7.47. The maximum absolute atomic E-state index is 12.5. The first-order valence-electron chi connectivity index (χ1n) is 20.3. The molecule has 1 N–H and O–H groups in total. The Hall–Kier alpha value is -0.990. The fourth-order valence-corrected chi connectivity index (χ4v) is 6.40. The van der Waals surface area contributed by atoms with E-state index in [1.54, 1.807) is 0 Å². The maximum atomic E-state index is 12.5. The Morgan fingerprint density at radius 1 is 0.551 bits per heavy atom. The number of carbonyl (C=O) groups is 2. The first-order valence-corrected chi connectivity index (χ1v) is 21.8. The van der Waals surface area contributed by atoms with E-state index < -0.39 is 26.5 Å². The highest BCUT2D eigenvalue weighted by Gasteiger charge is 2.27. The van der Waals surface area contributed by atoms with Crippen molar-refractivity contribution >= 4 is 19.8 Å². The molecule has 0 saturated heterocycles. The summed E-state index contributed by atoms with van der Waals surface area (Å²) in [7, 11) is 1.49. The molecule has 9 nitrogen and oxygen atoms in total. The molecular formula is C39H79NO8P+. The minimum atomic E-state index is -4.35. The van der Waals surface area contributed by atoms with Crippen molar-refractivity contribution in [2.24, 2.45) is 0 Å². The van der Waals surface area contributed by atoms with Gasteiger partial charge in [-0.3, -0.25) is 18.6 Å². The molecule has 0 aromatic rings. The first kappa shape index (κ1) is 48.0. The van der Waals surface area contributed by atoms with Crippen molar-refractivity contribution in [2.45, 2.75) is 193 Å². The molecule has 0 aliphatic rings. The van der Waals surface area contributed by atoms with E-state index in [2.05, 4.69) is 13.8 Å². The Bertz CT molecular complexity index is 819. The summed E-state index contributed by atoms with van der Waals surface area (Å²) in [5.41, 5.74) is 0. The largest absolute Gasteiger partial charge is 0.472 e. The molecule has 0 fully saturated rings. The molecule has 292 valence electrons. The van der Waals surface area contributed by atoms with Crippen molar-refractivity contribution < 1.29 is 42.1 Å². The molecular weight excluding hydrogens is 641 g/mol. The van der Waals surface area contributed by atoms with Crippen molar-refractivity contribution in [1.29, 1.82) is 0 Å². The van der Waals surface area contributed by atoms with Crippen molar-refractivity contribution in [1.82, 2.24) is 0 Å². The van der Waals surface area contributed by atoms with Crippen molar-refractivity contribution in [3.05, 3.63) is 0 Å². The summed E-state index contributed by atoms with van der Waals surface area (Å²) in [5, 5.41) is 0. The fraction of sp³-hybridized carbons (Fsp3) is 0.949. The van der Waals surface area contributed by atoms with Crippen LogP contribution in [0.4, 0.5) is 0 Å². The monoisotopic (exact) mass is 721 g/mol. The Kier molecular flexibility index (Phi) is 32.2. The SMILES string of the molecule is CCCCCCCCCCCCCCCCCCCCC(=O)OCC(COP(=O)(O)OCC[N+](C)(C)C)OC(=O)CCCCCCCCC. The molecule has 0 aromatic carbocycles. The zero-order chi connectivity index (χ0) is 36.5. The van der Waals surface area contributed by atoms with Gasteiger partial charge in [0.05, 0.1) is 27.7 Å². The molecule has 0 aliphatic heterocycles. The number of unbranched alkanes of at least 4 members (excludes halogenated alkanes) is 23. The number of hydrogen-bond donors (Lipinski definition) is 1. The number of hydrogen-bond acceptors (Lipinski definition) is 7. The first-order chi connectivity index (χ1) is 23.5. The predicted octanol–water partition coefficient (Wildman–Crippen LogP) is 10.9. The second kappa shape index (κ2) is 32.9. The van der Waals surface area contributed by atoms with Crippen molar-refractivity contribution in [3.63, 3.8) is 0 Å². The van der Waals surface area contributed by atoms with E-state index >= 15 is 0 Å². The number of phosphoric acid groups is 1. The second-order valence-corrected chi connectivity index (χ2v) is 16.5. The summed E-state index contributed by atoms with van der Waals surface area (Å²) in [5.74, 6) is -0.795. The lowest BCUT2D eigenvalue weighted by Crippen LogP contribution is -2.37. The second-order valence-electron chi connectivity index (χ2n) is 15.0. The molecule has 0 amide bonds. The van der Waals surface area contributed by atoms with Gasteiger partial charge in [0.2, 0.25) is 0 Å². The highest BCUT2D eigenvalue weighted by Crippen LogP contribution is 2.43. The van der Waals surface area contributed by atoms with Gasteiger partial charge >= 0.3 is 19.8 Å². The number of rotatable bonds is 37. The molecule has 49 heavy (non-hydrogen) atoms. The van der Waals surface area contributed by atoms with Crippen LogP contribution in [0.25, 0.3) is 0 Å². The summed E-state index contributed by atoms with van der Waals surface area (Å²) in [6, 6.07) is 0. The van der Waals surface area contributed by atoms with Crippen LogP contribution in [0.1, 0.15) is 187 Å². The maximum Gasteiger partial charge on any atom is 0.472 e. The molecule has 0 rings (SSSR count). The Labute approximate surface area is 302 Å². The number of nitrogens with zero attached hydrogens (tertiary/aromatic N) is 1. The van der Waals surface area contributed by atoms with E-state index in [0.717, 1.165) is 38.5 Å². The van der Waals surface area contributed by atoms with Crippen LogP contribution < -0.4 is 0 Å². The number of carbonyl (C=O) groups excluding carboxylic acids is 2. The van der Waals surface area contributed by atoms with Crippen LogP contribution >= 0.6 is 7.82 Å². The number of esters is 2. The summed E-state index contributed by atoms with van der Waals surface area (Å²) < 4.78 is 34.1. The fourth-order valence-electron chi connectivity index (χ4n) is 5.66. The average molecular weight is 721 g/mol. The van der Waals surface area contributed by atoms with Crippen LogP contribution in [0, 0.1) is 0 Å². The van der Waals surface area contributed by atoms with E-state index in [-0.39, 0.29) is 25.6 Å². The molecule has 0 spiro atoms. The molecule has 0 saturated carbocycles. The summed E-state index contributed by atoms with van der Waals surface area (Å²) in [4.78, 5) is 35.0. The minimum absolute atomic E-state index is 0.0361. The molecule has 2 unspecified atom stereocenters. The van der Waals surface area contributed by atoms with Gasteiger partial charge in [-0.05, 0) is 12.8 Å².